The maximum Gasteiger partial charge on any atom is 0.0947 e. The summed E-state index contributed by atoms with van der Waals surface area (Å²) in [5.74, 6) is 0. The molecule has 2 rings (SSSR count). The Morgan fingerprint density at radius 2 is 2.21 bits per heavy atom. The van der Waals surface area contributed by atoms with Gasteiger partial charge in [-0.05, 0) is 31.4 Å². The fraction of sp³-hybridized carbons (Fsp3) is 0.615. The standard InChI is InChI=1S/C13H20N4S2/c1-4-6-10-13(19-17-16-10)11(14-5-2)7-12-15-9(3)8-18-12/h8,11,14H,4-7H2,1-3H3. The third kappa shape index (κ3) is 3.81. The molecule has 2 aromatic heterocycles. The van der Waals surface area contributed by atoms with Gasteiger partial charge in [-0.25, -0.2) is 4.98 Å². The molecule has 1 N–H and O–H groups in total. The third-order valence-electron chi connectivity index (χ3n) is 2.88. The normalized spacial score (nSPS) is 12.8. The Morgan fingerprint density at radius 3 is 2.84 bits per heavy atom. The molecule has 0 aliphatic heterocycles. The molecule has 0 bridgehead atoms. The lowest BCUT2D eigenvalue weighted by molar-refractivity contribution is 0.550. The Kier molecular flexibility index (Phi) is 5.42. The minimum Gasteiger partial charge on any atom is -0.309 e. The van der Waals surface area contributed by atoms with E-state index in [4.69, 9.17) is 0 Å². The van der Waals surface area contributed by atoms with Crippen LogP contribution in [0.25, 0.3) is 0 Å². The first-order valence-electron chi connectivity index (χ1n) is 6.70. The van der Waals surface area contributed by atoms with Gasteiger partial charge in [-0.3, -0.25) is 0 Å². The number of nitrogens with one attached hydrogen (secondary N) is 1. The summed E-state index contributed by atoms with van der Waals surface area (Å²) in [6.07, 6.45) is 3.03. The van der Waals surface area contributed by atoms with Crippen LogP contribution in [-0.4, -0.2) is 21.1 Å². The van der Waals surface area contributed by atoms with Crippen LogP contribution in [0.4, 0.5) is 0 Å². The van der Waals surface area contributed by atoms with Gasteiger partial charge in [-0.15, -0.1) is 16.4 Å². The Balaban J connectivity index is 2.16. The van der Waals surface area contributed by atoms with Gasteiger partial charge in [-0.1, -0.05) is 24.8 Å². The van der Waals surface area contributed by atoms with Crippen molar-refractivity contribution in [2.24, 2.45) is 0 Å². The van der Waals surface area contributed by atoms with Crippen LogP contribution in [0, 0.1) is 6.92 Å². The van der Waals surface area contributed by atoms with Crippen LogP contribution in [0.5, 0.6) is 0 Å². The summed E-state index contributed by atoms with van der Waals surface area (Å²) in [7, 11) is 0. The van der Waals surface area contributed by atoms with Crippen molar-refractivity contribution in [2.45, 2.75) is 46.1 Å². The maximum absolute atomic E-state index is 4.56. The van der Waals surface area contributed by atoms with Crippen molar-refractivity contribution in [1.29, 1.82) is 0 Å². The molecule has 0 radical (unpaired) electrons. The van der Waals surface area contributed by atoms with Crippen molar-refractivity contribution in [3.63, 3.8) is 0 Å². The second kappa shape index (κ2) is 7.07. The van der Waals surface area contributed by atoms with Crippen molar-refractivity contribution >= 4 is 22.9 Å². The highest BCUT2D eigenvalue weighted by Gasteiger charge is 2.19. The lowest BCUT2D eigenvalue weighted by atomic mass is 10.1. The van der Waals surface area contributed by atoms with E-state index in [0.29, 0.717) is 0 Å². The number of aromatic nitrogens is 3. The molecular formula is C13H20N4S2. The number of thiazole rings is 1. The summed E-state index contributed by atoms with van der Waals surface area (Å²) in [5.41, 5.74) is 2.25. The molecule has 2 aromatic rings. The van der Waals surface area contributed by atoms with Gasteiger partial charge in [0.1, 0.15) is 0 Å². The molecule has 19 heavy (non-hydrogen) atoms. The third-order valence-corrected chi connectivity index (χ3v) is 4.75. The van der Waals surface area contributed by atoms with E-state index in [2.05, 4.69) is 39.1 Å². The van der Waals surface area contributed by atoms with Gasteiger partial charge in [0.2, 0.25) is 0 Å². The summed E-state index contributed by atoms with van der Waals surface area (Å²) in [6.45, 7) is 7.29. The zero-order valence-electron chi connectivity index (χ0n) is 11.6. The Bertz CT molecular complexity index is 506. The quantitative estimate of drug-likeness (QED) is 0.853. The average Bonchev–Trinajstić information content (AvgIpc) is 2.99. The van der Waals surface area contributed by atoms with E-state index in [1.807, 2.05) is 6.92 Å². The van der Waals surface area contributed by atoms with Gasteiger partial charge in [0.25, 0.3) is 0 Å². The van der Waals surface area contributed by atoms with Crippen LogP contribution in [0.1, 0.15) is 47.6 Å². The summed E-state index contributed by atoms with van der Waals surface area (Å²) in [6, 6.07) is 0.289. The number of likely N-dealkylation sites (N-methyl/N-ethyl adjacent to an activating group) is 1. The highest BCUT2D eigenvalue weighted by molar-refractivity contribution is 7.09. The highest BCUT2D eigenvalue weighted by atomic mass is 32.1. The molecule has 0 saturated carbocycles. The molecule has 0 fully saturated rings. The van der Waals surface area contributed by atoms with Crippen molar-refractivity contribution in [2.75, 3.05) is 6.54 Å². The van der Waals surface area contributed by atoms with E-state index in [1.165, 1.54) is 21.4 Å². The molecule has 0 spiro atoms. The van der Waals surface area contributed by atoms with E-state index >= 15 is 0 Å². The maximum atomic E-state index is 4.56. The average molecular weight is 296 g/mol. The second-order valence-electron chi connectivity index (χ2n) is 4.53. The zero-order chi connectivity index (χ0) is 13.7. The molecule has 0 aliphatic carbocycles. The van der Waals surface area contributed by atoms with Crippen molar-refractivity contribution in [3.05, 3.63) is 26.7 Å². The lowest BCUT2D eigenvalue weighted by Crippen LogP contribution is -2.23. The molecule has 0 saturated heterocycles. The van der Waals surface area contributed by atoms with E-state index in [9.17, 15) is 0 Å². The summed E-state index contributed by atoms with van der Waals surface area (Å²) in [5, 5.41) is 11.1. The Labute approximate surface area is 122 Å². The number of aryl methyl sites for hydroxylation is 2. The first-order valence-corrected chi connectivity index (χ1v) is 8.35. The van der Waals surface area contributed by atoms with E-state index in [0.717, 1.165) is 37.2 Å². The molecule has 1 atom stereocenters. The van der Waals surface area contributed by atoms with Crippen molar-refractivity contribution in [3.8, 4) is 0 Å². The minimum absolute atomic E-state index is 0.289. The molecule has 4 nitrogen and oxygen atoms in total. The van der Waals surface area contributed by atoms with Gasteiger partial charge < -0.3 is 5.32 Å². The van der Waals surface area contributed by atoms with Gasteiger partial charge in [0.15, 0.2) is 0 Å². The van der Waals surface area contributed by atoms with Gasteiger partial charge >= 0.3 is 0 Å². The minimum atomic E-state index is 0.289. The lowest BCUT2D eigenvalue weighted by Gasteiger charge is -2.15. The summed E-state index contributed by atoms with van der Waals surface area (Å²) < 4.78 is 4.13. The Morgan fingerprint density at radius 1 is 1.37 bits per heavy atom. The topological polar surface area (TPSA) is 50.7 Å². The zero-order valence-corrected chi connectivity index (χ0v) is 13.3. The number of nitrogens with zero attached hydrogens (tertiary/aromatic N) is 3. The van der Waals surface area contributed by atoms with E-state index in [-0.39, 0.29) is 6.04 Å². The van der Waals surface area contributed by atoms with Crippen LogP contribution in [-0.2, 0) is 12.8 Å². The largest absolute Gasteiger partial charge is 0.309 e. The van der Waals surface area contributed by atoms with E-state index < -0.39 is 0 Å². The smallest absolute Gasteiger partial charge is 0.0947 e. The van der Waals surface area contributed by atoms with Crippen LogP contribution < -0.4 is 5.32 Å². The molecule has 2 heterocycles. The molecule has 6 heteroatoms. The van der Waals surface area contributed by atoms with Gasteiger partial charge in [-0.2, -0.15) is 0 Å². The predicted molar refractivity (Wildman–Crippen MR) is 80.9 cm³/mol. The monoisotopic (exact) mass is 296 g/mol. The van der Waals surface area contributed by atoms with Crippen LogP contribution in [0.15, 0.2) is 5.38 Å². The van der Waals surface area contributed by atoms with Crippen molar-refractivity contribution in [1.82, 2.24) is 19.9 Å². The van der Waals surface area contributed by atoms with Crippen LogP contribution >= 0.6 is 22.9 Å². The van der Waals surface area contributed by atoms with Crippen LogP contribution in [0.2, 0.25) is 0 Å². The fourth-order valence-electron chi connectivity index (χ4n) is 2.07. The molecule has 0 aliphatic rings. The first kappa shape index (κ1) is 14.6. The van der Waals surface area contributed by atoms with Gasteiger partial charge in [0.05, 0.1) is 21.6 Å². The predicted octanol–water partition coefficient (Wildman–Crippen LogP) is 3.15. The van der Waals surface area contributed by atoms with Crippen molar-refractivity contribution < 1.29 is 0 Å². The molecule has 0 aromatic carbocycles. The number of hydrogen-bond donors (Lipinski definition) is 1. The molecule has 104 valence electrons. The van der Waals surface area contributed by atoms with Gasteiger partial charge in [0, 0.05) is 17.5 Å². The summed E-state index contributed by atoms with van der Waals surface area (Å²) in [4.78, 5) is 5.84. The molecule has 0 amide bonds. The molecular weight excluding hydrogens is 276 g/mol. The van der Waals surface area contributed by atoms with E-state index in [1.54, 1.807) is 11.3 Å². The number of hydrogen-bond acceptors (Lipinski definition) is 6. The Hall–Kier alpha value is -0.850. The van der Waals surface area contributed by atoms with Crippen LogP contribution in [0.3, 0.4) is 0 Å². The summed E-state index contributed by atoms with van der Waals surface area (Å²) >= 11 is 3.25. The highest BCUT2D eigenvalue weighted by Crippen LogP contribution is 2.26. The second-order valence-corrected chi connectivity index (χ2v) is 6.26. The first-order chi connectivity index (χ1) is 9.24. The number of rotatable bonds is 7. The SMILES string of the molecule is CCCc1nnsc1C(Cc1nc(C)cs1)NCC. The molecule has 1 unspecified atom stereocenters. The fourth-order valence-corrected chi connectivity index (χ4v) is 3.65.